The van der Waals surface area contributed by atoms with Gasteiger partial charge >= 0.3 is 0 Å². The molecule has 0 unspecified atom stereocenters. The highest BCUT2D eigenvalue weighted by atomic mass is 16.3. The molecule has 0 fully saturated rings. The summed E-state index contributed by atoms with van der Waals surface area (Å²) in [6.07, 6.45) is 0. The molecule has 198 valence electrons. The summed E-state index contributed by atoms with van der Waals surface area (Å²) in [5.74, 6) is 0. The Morgan fingerprint density at radius 3 is 1.81 bits per heavy atom. The van der Waals surface area contributed by atoms with Crippen molar-refractivity contribution in [2.75, 3.05) is 4.90 Å². The fourth-order valence-corrected chi connectivity index (χ4v) is 6.05. The summed E-state index contributed by atoms with van der Waals surface area (Å²) in [6.45, 7) is 0. The minimum absolute atomic E-state index is 0.878. The zero-order chi connectivity index (χ0) is 27.9. The van der Waals surface area contributed by atoms with E-state index in [0.29, 0.717) is 0 Å². The van der Waals surface area contributed by atoms with Crippen molar-refractivity contribution >= 4 is 49.8 Å². The van der Waals surface area contributed by atoms with Crippen LogP contribution >= 0.6 is 0 Å². The predicted molar refractivity (Wildman–Crippen MR) is 177 cm³/mol. The highest BCUT2D eigenvalue weighted by Gasteiger charge is 2.17. The molecule has 2 heteroatoms. The standard InChI is InChI=1S/C40H27NO/c1-2-11-28(12-3-1)30-15-8-17-32(25-30)41(34-23-24-38-37-20-6-7-22-39(37)42-40(38)27-34)33-18-9-16-31(26-33)36-21-10-14-29-13-4-5-19-35(29)36/h1-27H. The largest absolute Gasteiger partial charge is 0.456 e. The van der Waals surface area contributed by atoms with Crippen molar-refractivity contribution < 1.29 is 4.42 Å². The summed E-state index contributed by atoms with van der Waals surface area (Å²) in [4.78, 5) is 2.33. The van der Waals surface area contributed by atoms with Crippen LogP contribution in [-0.2, 0) is 0 Å². The molecule has 8 aromatic rings. The number of rotatable bonds is 5. The number of para-hydroxylation sites is 1. The lowest BCUT2D eigenvalue weighted by Gasteiger charge is -2.26. The summed E-state index contributed by atoms with van der Waals surface area (Å²) in [5.41, 5.74) is 9.76. The van der Waals surface area contributed by atoms with E-state index < -0.39 is 0 Å². The molecule has 0 aliphatic rings. The van der Waals surface area contributed by atoms with Crippen LogP contribution in [-0.4, -0.2) is 0 Å². The summed E-state index contributed by atoms with van der Waals surface area (Å²) >= 11 is 0. The first-order chi connectivity index (χ1) is 20.8. The Hall–Kier alpha value is -5.60. The molecule has 0 radical (unpaired) electrons. The molecule has 0 saturated heterocycles. The van der Waals surface area contributed by atoms with Crippen LogP contribution in [0.2, 0.25) is 0 Å². The van der Waals surface area contributed by atoms with Gasteiger partial charge in [0.15, 0.2) is 0 Å². The van der Waals surface area contributed by atoms with Gasteiger partial charge in [0.1, 0.15) is 11.2 Å². The Kier molecular flexibility index (Phi) is 5.82. The van der Waals surface area contributed by atoms with Crippen LogP contribution in [0.25, 0.3) is 55.0 Å². The van der Waals surface area contributed by atoms with E-state index in [1.165, 1.54) is 33.0 Å². The summed E-state index contributed by atoms with van der Waals surface area (Å²) in [5, 5.41) is 4.74. The quantitative estimate of drug-likeness (QED) is 0.217. The smallest absolute Gasteiger partial charge is 0.137 e. The highest BCUT2D eigenvalue weighted by Crippen LogP contribution is 2.41. The van der Waals surface area contributed by atoms with Crippen molar-refractivity contribution in [3.63, 3.8) is 0 Å². The number of benzene rings is 7. The van der Waals surface area contributed by atoms with Crippen LogP contribution in [0.3, 0.4) is 0 Å². The lowest BCUT2D eigenvalue weighted by atomic mass is 9.97. The Morgan fingerprint density at radius 1 is 0.357 bits per heavy atom. The first-order valence-corrected chi connectivity index (χ1v) is 14.3. The van der Waals surface area contributed by atoms with E-state index in [2.05, 4.69) is 157 Å². The fourth-order valence-electron chi connectivity index (χ4n) is 6.05. The van der Waals surface area contributed by atoms with Crippen molar-refractivity contribution in [3.8, 4) is 22.3 Å². The maximum Gasteiger partial charge on any atom is 0.137 e. The molecule has 0 aliphatic carbocycles. The predicted octanol–water partition coefficient (Wildman–Crippen LogP) is 11.5. The van der Waals surface area contributed by atoms with Crippen molar-refractivity contribution in [2.24, 2.45) is 0 Å². The average molecular weight is 538 g/mol. The molecule has 0 saturated carbocycles. The molecule has 0 spiro atoms. The first kappa shape index (κ1) is 24.2. The third-order valence-electron chi connectivity index (χ3n) is 8.04. The van der Waals surface area contributed by atoms with Gasteiger partial charge in [-0.1, -0.05) is 115 Å². The summed E-state index contributed by atoms with van der Waals surface area (Å²) < 4.78 is 6.32. The lowest BCUT2D eigenvalue weighted by molar-refractivity contribution is 0.669. The summed E-state index contributed by atoms with van der Waals surface area (Å²) in [7, 11) is 0. The van der Waals surface area contributed by atoms with Gasteiger partial charge in [-0.25, -0.2) is 0 Å². The number of hydrogen-bond donors (Lipinski definition) is 0. The molecule has 8 rings (SSSR count). The minimum Gasteiger partial charge on any atom is -0.456 e. The van der Waals surface area contributed by atoms with Crippen LogP contribution in [0.4, 0.5) is 17.1 Å². The van der Waals surface area contributed by atoms with Crippen molar-refractivity contribution in [3.05, 3.63) is 164 Å². The average Bonchev–Trinajstić information content (AvgIpc) is 3.43. The third-order valence-corrected chi connectivity index (χ3v) is 8.04. The van der Waals surface area contributed by atoms with Gasteiger partial charge in [0, 0.05) is 33.9 Å². The Bertz CT molecular complexity index is 2200. The van der Waals surface area contributed by atoms with Gasteiger partial charge in [0.25, 0.3) is 0 Å². The molecule has 42 heavy (non-hydrogen) atoms. The normalized spacial score (nSPS) is 11.3. The van der Waals surface area contributed by atoms with E-state index in [4.69, 9.17) is 4.42 Å². The molecule has 0 N–H and O–H groups in total. The second-order valence-corrected chi connectivity index (χ2v) is 10.6. The van der Waals surface area contributed by atoms with Gasteiger partial charge in [0.05, 0.1) is 0 Å². The maximum atomic E-state index is 6.32. The van der Waals surface area contributed by atoms with E-state index in [9.17, 15) is 0 Å². The molecule has 7 aromatic carbocycles. The van der Waals surface area contributed by atoms with Crippen molar-refractivity contribution in [1.29, 1.82) is 0 Å². The molecule has 0 aliphatic heterocycles. The van der Waals surface area contributed by atoms with E-state index in [1.807, 2.05) is 12.1 Å². The number of hydrogen-bond acceptors (Lipinski definition) is 2. The molecular formula is C40H27NO. The van der Waals surface area contributed by atoms with Crippen LogP contribution in [0.5, 0.6) is 0 Å². The van der Waals surface area contributed by atoms with Crippen molar-refractivity contribution in [2.45, 2.75) is 0 Å². The number of anilines is 3. The van der Waals surface area contributed by atoms with E-state index >= 15 is 0 Å². The van der Waals surface area contributed by atoms with Crippen LogP contribution in [0.1, 0.15) is 0 Å². The van der Waals surface area contributed by atoms with E-state index in [-0.39, 0.29) is 0 Å². The number of furan rings is 1. The molecule has 0 amide bonds. The van der Waals surface area contributed by atoms with Gasteiger partial charge in [-0.3, -0.25) is 0 Å². The minimum atomic E-state index is 0.878. The number of fused-ring (bicyclic) bond motifs is 4. The molecule has 0 bridgehead atoms. The van der Waals surface area contributed by atoms with Gasteiger partial charge in [-0.15, -0.1) is 0 Å². The van der Waals surface area contributed by atoms with Gasteiger partial charge in [0.2, 0.25) is 0 Å². The van der Waals surface area contributed by atoms with Gasteiger partial charge in [-0.2, -0.15) is 0 Å². The third kappa shape index (κ3) is 4.22. The zero-order valence-corrected chi connectivity index (χ0v) is 22.9. The molecular weight excluding hydrogens is 510 g/mol. The van der Waals surface area contributed by atoms with E-state index in [0.717, 1.165) is 39.0 Å². The molecule has 0 atom stereocenters. The van der Waals surface area contributed by atoms with Crippen LogP contribution < -0.4 is 4.90 Å². The molecule has 2 nitrogen and oxygen atoms in total. The summed E-state index contributed by atoms with van der Waals surface area (Å²) in [6, 6.07) is 58.0. The Balaban J connectivity index is 1.32. The Labute approximate surface area is 244 Å². The van der Waals surface area contributed by atoms with Crippen LogP contribution in [0, 0.1) is 0 Å². The highest BCUT2D eigenvalue weighted by molar-refractivity contribution is 6.06. The topological polar surface area (TPSA) is 16.4 Å². The Morgan fingerprint density at radius 2 is 0.952 bits per heavy atom. The SMILES string of the molecule is c1ccc(-c2cccc(N(c3cccc(-c4cccc5ccccc45)c3)c3ccc4c(c3)oc3ccccc34)c2)cc1. The van der Waals surface area contributed by atoms with Gasteiger partial charge < -0.3 is 9.32 Å². The fraction of sp³-hybridized carbons (Fsp3) is 0. The van der Waals surface area contributed by atoms with Crippen LogP contribution in [0.15, 0.2) is 168 Å². The second kappa shape index (κ2) is 10.1. The monoisotopic (exact) mass is 537 g/mol. The first-order valence-electron chi connectivity index (χ1n) is 14.3. The number of nitrogens with zero attached hydrogens (tertiary/aromatic N) is 1. The molecule has 1 aromatic heterocycles. The lowest BCUT2D eigenvalue weighted by Crippen LogP contribution is -2.10. The maximum absolute atomic E-state index is 6.32. The van der Waals surface area contributed by atoms with Gasteiger partial charge in [-0.05, 0) is 75.5 Å². The van der Waals surface area contributed by atoms with E-state index in [1.54, 1.807) is 0 Å². The second-order valence-electron chi connectivity index (χ2n) is 10.6. The van der Waals surface area contributed by atoms with Crippen molar-refractivity contribution in [1.82, 2.24) is 0 Å². The molecule has 1 heterocycles. The zero-order valence-electron chi connectivity index (χ0n) is 22.9.